The van der Waals surface area contributed by atoms with Gasteiger partial charge >= 0.3 is 0 Å². The molecule has 1 amide bonds. The molecule has 7 nitrogen and oxygen atoms in total. The molecule has 2 heterocycles. The van der Waals surface area contributed by atoms with E-state index >= 15 is 0 Å². The van der Waals surface area contributed by atoms with E-state index in [1.165, 1.54) is 10.6 Å². The lowest BCUT2D eigenvalue weighted by Gasteiger charge is -2.21. The summed E-state index contributed by atoms with van der Waals surface area (Å²) in [5.74, 6) is -0.639. The normalized spacial score (nSPS) is 15.2. The standard InChI is InChI=1S/C22H23N3O4S/c26-21(19-14-23-20-11-4-5-12-25(20)22(19)27)24-17-8-6-7-16(13-17)15-30(28,29)18-9-2-1-3-10-18/h4-8,11-14,18H,1-3,9-10,15H2,(H,24,26). The highest BCUT2D eigenvalue weighted by Crippen LogP contribution is 2.26. The Balaban J connectivity index is 1.53. The molecule has 0 saturated heterocycles. The fourth-order valence-electron chi connectivity index (χ4n) is 3.89. The molecular formula is C22H23N3O4S. The van der Waals surface area contributed by atoms with Crippen LogP contribution in [0.5, 0.6) is 0 Å². The molecule has 0 unspecified atom stereocenters. The summed E-state index contributed by atoms with van der Waals surface area (Å²) in [6.45, 7) is 0. The Labute approximate surface area is 174 Å². The minimum Gasteiger partial charge on any atom is -0.322 e. The minimum absolute atomic E-state index is 0.0540. The van der Waals surface area contributed by atoms with Crippen molar-refractivity contribution in [3.63, 3.8) is 0 Å². The van der Waals surface area contributed by atoms with E-state index in [1.807, 2.05) is 0 Å². The van der Waals surface area contributed by atoms with E-state index in [0.717, 1.165) is 32.1 Å². The molecule has 1 saturated carbocycles. The first-order chi connectivity index (χ1) is 14.4. The minimum atomic E-state index is -3.24. The van der Waals surface area contributed by atoms with E-state index in [9.17, 15) is 18.0 Å². The lowest BCUT2D eigenvalue weighted by atomic mass is 10.0. The first-order valence-corrected chi connectivity index (χ1v) is 11.7. The zero-order valence-electron chi connectivity index (χ0n) is 16.5. The molecule has 2 aromatic heterocycles. The Morgan fingerprint density at radius 3 is 2.70 bits per heavy atom. The average molecular weight is 426 g/mol. The van der Waals surface area contributed by atoms with Gasteiger partial charge in [0.1, 0.15) is 11.2 Å². The van der Waals surface area contributed by atoms with Crippen LogP contribution < -0.4 is 10.9 Å². The SMILES string of the molecule is O=C(Nc1cccc(CS(=O)(=O)C2CCCCC2)c1)c1cnc2ccccn2c1=O. The highest BCUT2D eigenvalue weighted by molar-refractivity contribution is 7.91. The second-order valence-corrected chi connectivity index (χ2v) is 9.91. The van der Waals surface area contributed by atoms with Crippen LogP contribution in [0, 0.1) is 0 Å². The Kier molecular flexibility index (Phi) is 5.67. The fourth-order valence-corrected chi connectivity index (χ4v) is 5.83. The first-order valence-electron chi connectivity index (χ1n) is 10.0. The number of nitrogens with zero attached hydrogens (tertiary/aromatic N) is 2. The van der Waals surface area contributed by atoms with E-state index in [4.69, 9.17) is 0 Å². The third-order valence-corrected chi connectivity index (χ3v) is 7.69. The topological polar surface area (TPSA) is 97.6 Å². The lowest BCUT2D eigenvalue weighted by molar-refractivity contribution is 0.102. The molecule has 0 atom stereocenters. The Morgan fingerprint density at radius 2 is 1.90 bits per heavy atom. The molecule has 156 valence electrons. The molecule has 0 bridgehead atoms. The van der Waals surface area contributed by atoms with E-state index in [0.29, 0.717) is 16.9 Å². The van der Waals surface area contributed by atoms with Gasteiger partial charge in [-0.2, -0.15) is 0 Å². The van der Waals surface area contributed by atoms with Crippen LogP contribution in [0.2, 0.25) is 0 Å². The van der Waals surface area contributed by atoms with Gasteiger partial charge in [-0.3, -0.25) is 14.0 Å². The summed E-state index contributed by atoms with van der Waals surface area (Å²) in [4.78, 5) is 29.4. The highest BCUT2D eigenvalue weighted by atomic mass is 32.2. The molecule has 8 heteroatoms. The number of nitrogens with one attached hydrogen (secondary N) is 1. The number of aromatic nitrogens is 2. The third kappa shape index (κ3) is 4.28. The molecule has 30 heavy (non-hydrogen) atoms. The number of sulfone groups is 1. The van der Waals surface area contributed by atoms with E-state index in [1.54, 1.807) is 48.7 Å². The summed E-state index contributed by atoms with van der Waals surface area (Å²) in [6, 6.07) is 11.9. The smallest absolute Gasteiger partial charge is 0.270 e. The molecule has 1 fully saturated rings. The maximum atomic E-state index is 12.7. The van der Waals surface area contributed by atoms with Crippen LogP contribution in [0.1, 0.15) is 48.0 Å². The Hall–Kier alpha value is -3.00. The number of hydrogen-bond acceptors (Lipinski definition) is 5. The summed E-state index contributed by atoms with van der Waals surface area (Å²) in [6.07, 6.45) is 7.25. The zero-order chi connectivity index (χ0) is 21.1. The summed E-state index contributed by atoms with van der Waals surface area (Å²) in [7, 11) is -3.24. The van der Waals surface area contributed by atoms with Gasteiger partial charge in [0.25, 0.3) is 11.5 Å². The van der Waals surface area contributed by atoms with Gasteiger partial charge in [0.05, 0.1) is 11.0 Å². The highest BCUT2D eigenvalue weighted by Gasteiger charge is 2.27. The van der Waals surface area contributed by atoms with Crippen LogP contribution in [0.3, 0.4) is 0 Å². The predicted molar refractivity (Wildman–Crippen MR) is 115 cm³/mol. The van der Waals surface area contributed by atoms with Gasteiger partial charge in [-0.05, 0) is 42.7 Å². The van der Waals surface area contributed by atoms with E-state index < -0.39 is 21.3 Å². The average Bonchev–Trinajstić information content (AvgIpc) is 2.75. The predicted octanol–water partition coefficient (Wildman–Crippen LogP) is 3.19. The molecule has 1 aliphatic carbocycles. The van der Waals surface area contributed by atoms with Crippen molar-refractivity contribution in [2.45, 2.75) is 43.1 Å². The van der Waals surface area contributed by atoms with E-state index in [2.05, 4.69) is 10.3 Å². The maximum Gasteiger partial charge on any atom is 0.270 e. The van der Waals surface area contributed by atoms with Crippen molar-refractivity contribution in [3.05, 3.63) is 76.3 Å². The van der Waals surface area contributed by atoms with Crippen LogP contribution in [0.25, 0.3) is 5.65 Å². The molecule has 1 aliphatic rings. The largest absolute Gasteiger partial charge is 0.322 e. The summed E-state index contributed by atoms with van der Waals surface area (Å²) in [5, 5.41) is 2.40. The van der Waals surface area contributed by atoms with E-state index in [-0.39, 0.29) is 16.6 Å². The van der Waals surface area contributed by atoms with Gasteiger partial charge < -0.3 is 5.32 Å². The van der Waals surface area contributed by atoms with Crippen LogP contribution in [0.15, 0.2) is 59.7 Å². The Bertz CT molecular complexity index is 1240. The van der Waals surface area contributed by atoms with Gasteiger partial charge in [-0.25, -0.2) is 13.4 Å². The molecule has 0 radical (unpaired) electrons. The van der Waals surface area contributed by atoms with Gasteiger partial charge in [-0.1, -0.05) is 37.5 Å². The van der Waals surface area contributed by atoms with Crippen LogP contribution in [0.4, 0.5) is 5.69 Å². The van der Waals surface area contributed by atoms with Gasteiger partial charge in [0, 0.05) is 18.1 Å². The molecule has 1 N–H and O–H groups in total. The number of benzene rings is 1. The van der Waals surface area contributed by atoms with Crippen molar-refractivity contribution in [1.82, 2.24) is 9.38 Å². The lowest BCUT2D eigenvalue weighted by Crippen LogP contribution is -2.27. The van der Waals surface area contributed by atoms with Gasteiger partial charge in [0.2, 0.25) is 0 Å². The van der Waals surface area contributed by atoms with Gasteiger partial charge in [0.15, 0.2) is 9.84 Å². The quantitative estimate of drug-likeness (QED) is 0.677. The molecule has 4 rings (SSSR count). The summed E-state index contributed by atoms with van der Waals surface area (Å²) in [5.41, 5.74) is 0.961. The van der Waals surface area contributed by atoms with Crippen LogP contribution >= 0.6 is 0 Å². The van der Waals surface area contributed by atoms with Gasteiger partial charge in [-0.15, -0.1) is 0 Å². The Morgan fingerprint density at radius 1 is 1.10 bits per heavy atom. The molecule has 0 spiro atoms. The third-order valence-electron chi connectivity index (χ3n) is 5.47. The first kappa shape index (κ1) is 20.3. The number of fused-ring (bicyclic) bond motifs is 1. The number of carbonyl (C=O) groups excluding carboxylic acids is 1. The van der Waals surface area contributed by atoms with Crippen LogP contribution in [-0.2, 0) is 15.6 Å². The number of carbonyl (C=O) groups is 1. The van der Waals surface area contributed by atoms with Crippen molar-refractivity contribution >= 4 is 27.1 Å². The van der Waals surface area contributed by atoms with Crippen molar-refractivity contribution in [2.75, 3.05) is 5.32 Å². The number of rotatable bonds is 5. The molecule has 0 aliphatic heterocycles. The second kappa shape index (κ2) is 8.39. The monoisotopic (exact) mass is 425 g/mol. The van der Waals surface area contributed by atoms with Crippen molar-refractivity contribution in [3.8, 4) is 0 Å². The maximum absolute atomic E-state index is 12.7. The van der Waals surface area contributed by atoms with Crippen molar-refractivity contribution in [1.29, 1.82) is 0 Å². The number of anilines is 1. The number of amides is 1. The molecule has 3 aromatic rings. The molecular weight excluding hydrogens is 402 g/mol. The number of pyridine rings is 1. The van der Waals surface area contributed by atoms with Crippen LogP contribution in [-0.4, -0.2) is 29.0 Å². The van der Waals surface area contributed by atoms with Crippen molar-refractivity contribution in [2.24, 2.45) is 0 Å². The fraction of sp³-hybridized carbons (Fsp3) is 0.318. The molecule has 1 aromatic carbocycles. The zero-order valence-corrected chi connectivity index (χ0v) is 17.3. The van der Waals surface area contributed by atoms with Crippen molar-refractivity contribution < 1.29 is 13.2 Å². The number of hydrogen-bond donors (Lipinski definition) is 1. The second-order valence-electron chi connectivity index (χ2n) is 7.63. The summed E-state index contributed by atoms with van der Waals surface area (Å²) < 4.78 is 26.8. The summed E-state index contributed by atoms with van der Waals surface area (Å²) >= 11 is 0.